The lowest BCUT2D eigenvalue weighted by molar-refractivity contribution is -0.137. The number of aliphatic imine (C=N–C) groups is 1. The van der Waals surface area contributed by atoms with Crippen molar-refractivity contribution < 1.29 is 44.6 Å². The third kappa shape index (κ3) is 3.47. The number of allylic oxidation sites excluding steroid dienone is 2. The van der Waals surface area contributed by atoms with Gasteiger partial charge in [-0.1, -0.05) is 6.07 Å². The van der Waals surface area contributed by atoms with Crippen LogP contribution in [-0.4, -0.2) is 36.7 Å². The zero-order valence-electron chi connectivity index (χ0n) is 14.8. The second-order valence-corrected chi connectivity index (χ2v) is 6.87. The molecule has 30 heavy (non-hydrogen) atoms. The maximum Gasteiger partial charge on any atom is 0.417 e. The number of benzene rings is 1. The Bertz CT molecular complexity index is 964. The van der Waals surface area contributed by atoms with Crippen molar-refractivity contribution in [2.75, 3.05) is 13.2 Å². The van der Waals surface area contributed by atoms with Gasteiger partial charge in [0.25, 0.3) is 0 Å². The first-order valence-electron chi connectivity index (χ1n) is 8.56. The fourth-order valence-electron chi connectivity index (χ4n) is 3.66. The van der Waals surface area contributed by atoms with Crippen molar-refractivity contribution in [3.05, 3.63) is 52.9 Å². The van der Waals surface area contributed by atoms with Gasteiger partial charge >= 0.3 is 19.0 Å². The van der Waals surface area contributed by atoms with Gasteiger partial charge in [0.1, 0.15) is 11.3 Å². The van der Waals surface area contributed by atoms with Crippen LogP contribution >= 0.6 is 0 Å². The van der Waals surface area contributed by atoms with E-state index in [1.807, 2.05) is 0 Å². The Morgan fingerprint density at radius 3 is 2.47 bits per heavy atom. The van der Waals surface area contributed by atoms with E-state index in [9.17, 15) is 35.1 Å². The molecule has 4 rings (SSSR count). The van der Waals surface area contributed by atoms with E-state index in [0.29, 0.717) is 12.3 Å². The molecule has 0 amide bonds. The lowest BCUT2D eigenvalue weighted by atomic mass is 9.85. The molecule has 1 spiro atoms. The summed E-state index contributed by atoms with van der Waals surface area (Å²) < 4.78 is 114. The molecule has 4 nitrogen and oxygen atoms in total. The van der Waals surface area contributed by atoms with Crippen LogP contribution < -0.4 is 4.74 Å². The third-order valence-corrected chi connectivity index (χ3v) is 4.95. The Morgan fingerprint density at radius 2 is 1.83 bits per heavy atom. The van der Waals surface area contributed by atoms with E-state index in [-0.39, 0.29) is 36.7 Å². The monoisotopic (exact) mass is 440 g/mol. The molecule has 162 valence electrons. The summed E-state index contributed by atoms with van der Waals surface area (Å²) in [5.74, 6) is -1.13. The maximum absolute atomic E-state index is 13.2. The number of halogens is 8. The SMILES string of the molecule is FC(F)OC1=CC(C(F)(F)F)=CN2C[C@]3(CCOc4cc(C(F)(F)F)ccc43)N=C12. The molecule has 0 aliphatic carbocycles. The fraction of sp³-hybridized carbons (Fsp3) is 0.389. The van der Waals surface area contributed by atoms with Gasteiger partial charge in [-0.15, -0.1) is 0 Å². The normalized spacial score (nSPS) is 23.5. The Labute approximate surface area is 164 Å². The predicted molar refractivity (Wildman–Crippen MR) is 86.7 cm³/mol. The summed E-state index contributed by atoms with van der Waals surface area (Å²) in [6, 6.07) is 2.75. The van der Waals surface area contributed by atoms with E-state index in [0.717, 1.165) is 23.1 Å². The number of fused-ring (bicyclic) bond motifs is 3. The highest BCUT2D eigenvalue weighted by molar-refractivity contribution is 6.00. The first kappa shape index (κ1) is 20.5. The molecule has 1 aromatic carbocycles. The molecule has 1 atom stereocenters. The highest BCUT2D eigenvalue weighted by atomic mass is 19.4. The van der Waals surface area contributed by atoms with E-state index in [1.165, 1.54) is 0 Å². The van der Waals surface area contributed by atoms with Crippen LogP contribution in [-0.2, 0) is 16.5 Å². The molecular formula is C18H12F8N2O2. The van der Waals surface area contributed by atoms with Gasteiger partial charge in [-0.25, -0.2) is 0 Å². The third-order valence-electron chi connectivity index (χ3n) is 4.95. The molecule has 0 radical (unpaired) electrons. The van der Waals surface area contributed by atoms with Gasteiger partial charge in [0.15, 0.2) is 11.6 Å². The molecule has 0 aromatic heterocycles. The van der Waals surface area contributed by atoms with Gasteiger partial charge in [-0.05, 0) is 18.2 Å². The van der Waals surface area contributed by atoms with Crippen molar-refractivity contribution in [2.45, 2.75) is 30.9 Å². The Balaban J connectivity index is 1.78. The molecule has 0 fully saturated rings. The lowest BCUT2D eigenvalue weighted by Crippen LogP contribution is -2.37. The topological polar surface area (TPSA) is 34.1 Å². The zero-order valence-corrected chi connectivity index (χ0v) is 14.8. The van der Waals surface area contributed by atoms with Crippen molar-refractivity contribution in [2.24, 2.45) is 4.99 Å². The van der Waals surface area contributed by atoms with Crippen LogP contribution in [0, 0.1) is 0 Å². The summed E-state index contributed by atoms with van der Waals surface area (Å²) >= 11 is 0. The van der Waals surface area contributed by atoms with Crippen LogP contribution in [0.25, 0.3) is 0 Å². The summed E-state index contributed by atoms with van der Waals surface area (Å²) in [6.45, 7) is -3.64. The minimum Gasteiger partial charge on any atom is -0.493 e. The quantitative estimate of drug-likeness (QED) is 0.609. The van der Waals surface area contributed by atoms with Crippen LogP contribution in [0.2, 0.25) is 0 Å². The lowest BCUT2D eigenvalue weighted by Gasteiger charge is -2.34. The summed E-state index contributed by atoms with van der Waals surface area (Å²) in [7, 11) is 0. The first-order valence-corrected chi connectivity index (χ1v) is 8.56. The molecule has 3 aliphatic heterocycles. The number of hydrogen-bond acceptors (Lipinski definition) is 4. The van der Waals surface area contributed by atoms with Gasteiger partial charge in [0.2, 0.25) is 0 Å². The Kier molecular flexibility index (Phi) is 4.51. The van der Waals surface area contributed by atoms with Crippen molar-refractivity contribution in [3.8, 4) is 5.75 Å². The summed E-state index contributed by atoms with van der Waals surface area (Å²) in [5.41, 5.74) is -3.21. The Morgan fingerprint density at radius 1 is 1.10 bits per heavy atom. The van der Waals surface area contributed by atoms with Crippen molar-refractivity contribution >= 4 is 5.84 Å². The summed E-state index contributed by atoms with van der Waals surface area (Å²) in [6.07, 6.45) is -8.18. The van der Waals surface area contributed by atoms with E-state index in [1.54, 1.807) is 0 Å². The molecule has 3 heterocycles. The summed E-state index contributed by atoms with van der Waals surface area (Å²) in [4.78, 5) is 5.35. The van der Waals surface area contributed by atoms with E-state index in [2.05, 4.69) is 9.73 Å². The van der Waals surface area contributed by atoms with Crippen LogP contribution in [0.4, 0.5) is 35.1 Å². The van der Waals surface area contributed by atoms with E-state index < -0.39 is 41.4 Å². The van der Waals surface area contributed by atoms with E-state index >= 15 is 0 Å². The van der Waals surface area contributed by atoms with Gasteiger partial charge in [-0.2, -0.15) is 35.1 Å². The average molecular weight is 440 g/mol. The molecule has 0 unspecified atom stereocenters. The smallest absolute Gasteiger partial charge is 0.417 e. The standard InChI is InChI=1S/C18H12F8N2O2/c19-15(20)30-13-6-10(18(24,25)26)7-28-8-16(27-14(13)28)3-4-29-12-5-9(17(21,22)23)1-2-11(12)16/h1-2,5-7,15H,3-4,8H2/t16-/m0/s1. The van der Waals surface area contributed by atoms with Crippen molar-refractivity contribution in [3.63, 3.8) is 0 Å². The largest absolute Gasteiger partial charge is 0.493 e. The minimum absolute atomic E-state index is 0.0521. The molecule has 3 aliphatic rings. The maximum atomic E-state index is 13.2. The molecule has 0 saturated heterocycles. The van der Waals surface area contributed by atoms with Crippen molar-refractivity contribution in [1.29, 1.82) is 0 Å². The number of alkyl halides is 8. The fourth-order valence-corrected chi connectivity index (χ4v) is 3.66. The highest BCUT2D eigenvalue weighted by Gasteiger charge is 2.48. The second kappa shape index (κ2) is 6.61. The Hall–Kier alpha value is -2.79. The number of rotatable bonds is 2. The summed E-state index contributed by atoms with van der Waals surface area (Å²) in [5, 5.41) is 0. The van der Waals surface area contributed by atoms with Crippen LogP contribution in [0.5, 0.6) is 5.75 Å². The second-order valence-electron chi connectivity index (χ2n) is 6.87. The van der Waals surface area contributed by atoms with Crippen LogP contribution in [0.15, 0.2) is 46.8 Å². The number of ether oxygens (including phenoxy) is 2. The first-order chi connectivity index (χ1) is 13.9. The number of hydrogen-bond donors (Lipinski definition) is 0. The number of amidine groups is 1. The predicted octanol–water partition coefficient (Wildman–Crippen LogP) is 4.98. The average Bonchev–Trinajstić information content (AvgIpc) is 2.99. The van der Waals surface area contributed by atoms with Crippen LogP contribution in [0.3, 0.4) is 0 Å². The van der Waals surface area contributed by atoms with Gasteiger partial charge in [-0.3, -0.25) is 4.99 Å². The molecule has 1 aromatic rings. The van der Waals surface area contributed by atoms with Crippen LogP contribution in [0.1, 0.15) is 17.5 Å². The van der Waals surface area contributed by atoms with Gasteiger partial charge in [0.05, 0.1) is 24.3 Å². The van der Waals surface area contributed by atoms with Gasteiger partial charge in [0, 0.05) is 18.2 Å². The zero-order chi connectivity index (χ0) is 21.9. The molecule has 12 heteroatoms. The molecule has 0 saturated carbocycles. The van der Waals surface area contributed by atoms with Crippen molar-refractivity contribution in [1.82, 2.24) is 4.90 Å². The highest BCUT2D eigenvalue weighted by Crippen LogP contribution is 2.47. The molecule has 0 bridgehead atoms. The number of nitrogens with zero attached hydrogens (tertiary/aromatic N) is 2. The van der Waals surface area contributed by atoms with Gasteiger partial charge < -0.3 is 14.4 Å². The molecule has 0 N–H and O–H groups in total. The van der Waals surface area contributed by atoms with E-state index in [4.69, 9.17) is 4.74 Å². The molecular weight excluding hydrogens is 428 g/mol. The minimum atomic E-state index is -4.83.